The maximum Gasteiger partial charge on any atom is 0.223 e. The summed E-state index contributed by atoms with van der Waals surface area (Å²) in [7, 11) is 0. The maximum atomic E-state index is 13.3. The lowest BCUT2D eigenvalue weighted by Gasteiger charge is -2.58. The second-order valence-electron chi connectivity index (χ2n) is 10.3. The minimum absolute atomic E-state index is 0.0216. The van der Waals surface area contributed by atoms with Gasteiger partial charge in [-0.1, -0.05) is 20.8 Å². The Hall–Kier alpha value is -0.980. The summed E-state index contributed by atoms with van der Waals surface area (Å²) in [5, 5.41) is 22.1. The molecule has 0 radical (unpaired) electrons. The molecular weight excluding hydrogens is 384 g/mol. The number of piperidine rings is 1. The van der Waals surface area contributed by atoms with Crippen LogP contribution in [0.2, 0.25) is 0 Å². The van der Waals surface area contributed by atoms with Crippen molar-refractivity contribution in [3.05, 3.63) is 15.6 Å². The number of hydrogen-bond donors (Lipinski definition) is 2. The Morgan fingerprint density at radius 3 is 2.62 bits per heavy atom. The third kappa shape index (κ3) is 3.45. The van der Waals surface area contributed by atoms with Gasteiger partial charge in [-0.05, 0) is 56.3 Å². The highest BCUT2D eigenvalue weighted by Gasteiger charge is 2.59. The van der Waals surface area contributed by atoms with Crippen molar-refractivity contribution in [2.24, 2.45) is 22.7 Å². The van der Waals surface area contributed by atoms with E-state index in [-0.39, 0.29) is 29.8 Å². The molecule has 2 fully saturated rings. The van der Waals surface area contributed by atoms with Crippen LogP contribution in [0.3, 0.4) is 0 Å². The first kappa shape index (κ1) is 21.3. The van der Waals surface area contributed by atoms with E-state index in [1.807, 2.05) is 13.8 Å². The van der Waals surface area contributed by atoms with E-state index in [0.717, 1.165) is 49.5 Å². The van der Waals surface area contributed by atoms with Crippen LogP contribution in [0.15, 0.2) is 0 Å². The van der Waals surface area contributed by atoms with Crippen LogP contribution in [-0.2, 0) is 11.2 Å². The molecule has 0 aromatic carbocycles. The lowest BCUT2D eigenvalue weighted by Crippen LogP contribution is -2.57. The molecule has 1 saturated carbocycles. The Bertz CT molecular complexity index is 772. The lowest BCUT2D eigenvalue weighted by atomic mass is 9.47. The van der Waals surface area contributed by atoms with Gasteiger partial charge in [0, 0.05) is 35.7 Å². The molecule has 29 heavy (non-hydrogen) atoms. The normalized spacial score (nSPS) is 37.9. The zero-order valence-corrected chi connectivity index (χ0v) is 19.1. The van der Waals surface area contributed by atoms with E-state index in [1.54, 1.807) is 11.3 Å². The Morgan fingerprint density at radius 1 is 1.28 bits per heavy atom. The van der Waals surface area contributed by atoms with E-state index in [1.165, 1.54) is 4.88 Å². The molecule has 5 atom stereocenters. The number of likely N-dealkylation sites (tertiary alicyclic amines) is 1. The van der Waals surface area contributed by atoms with Gasteiger partial charge in [0.1, 0.15) is 0 Å². The fraction of sp³-hybridized carbons (Fsp3) is 0.826. The van der Waals surface area contributed by atoms with E-state index in [9.17, 15) is 15.0 Å². The molecule has 2 aliphatic carbocycles. The summed E-state index contributed by atoms with van der Waals surface area (Å²) in [4.78, 5) is 21.5. The first-order valence-electron chi connectivity index (χ1n) is 11.2. The quantitative estimate of drug-likeness (QED) is 0.785. The number of aromatic nitrogens is 1. The topological polar surface area (TPSA) is 73.7 Å². The van der Waals surface area contributed by atoms with Gasteiger partial charge >= 0.3 is 0 Å². The molecule has 5 nitrogen and oxygen atoms in total. The predicted molar refractivity (Wildman–Crippen MR) is 115 cm³/mol. The van der Waals surface area contributed by atoms with Crippen LogP contribution in [-0.4, -0.2) is 51.8 Å². The van der Waals surface area contributed by atoms with Crippen molar-refractivity contribution in [2.75, 3.05) is 19.7 Å². The molecule has 2 heterocycles. The number of aryl methyl sites for hydroxylation is 1. The largest absolute Gasteiger partial charge is 0.396 e. The number of amides is 1. The van der Waals surface area contributed by atoms with Gasteiger partial charge in [0.05, 0.1) is 23.4 Å². The highest BCUT2D eigenvalue weighted by molar-refractivity contribution is 7.11. The molecule has 0 bridgehead atoms. The molecule has 1 aromatic rings. The minimum atomic E-state index is -0.537. The van der Waals surface area contributed by atoms with Crippen LogP contribution < -0.4 is 0 Å². The molecule has 5 unspecified atom stereocenters. The van der Waals surface area contributed by atoms with Crippen LogP contribution in [0.5, 0.6) is 0 Å². The zero-order valence-electron chi connectivity index (χ0n) is 18.3. The number of carbonyl (C=O) groups is 1. The molecule has 1 aromatic heterocycles. The second-order valence-corrected chi connectivity index (χ2v) is 11.6. The molecule has 3 aliphatic rings. The Morgan fingerprint density at radius 2 is 1.97 bits per heavy atom. The number of aliphatic hydroxyl groups is 2. The van der Waals surface area contributed by atoms with Crippen LogP contribution in [0, 0.1) is 29.6 Å². The number of fused-ring (bicyclic) bond motifs is 2. The van der Waals surface area contributed by atoms with Gasteiger partial charge in [-0.2, -0.15) is 0 Å². The molecule has 4 rings (SSSR count). The van der Waals surface area contributed by atoms with E-state index in [2.05, 4.69) is 18.7 Å². The highest BCUT2D eigenvalue weighted by atomic mass is 32.1. The number of carbonyl (C=O) groups excluding carboxylic acids is 1. The molecule has 1 saturated heterocycles. The number of aliphatic hydroxyl groups excluding tert-OH is 2. The number of hydrogen-bond acceptors (Lipinski definition) is 5. The van der Waals surface area contributed by atoms with Crippen LogP contribution in [0.4, 0.5) is 0 Å². The Balaban J connectivity index is 1.68. The van der Waals surface area contributed by atoms with Crippen LogP contribution >= 0.6 is 11.3 Å². The summed E-state index contributed by atoms with van der Waals surface area (Å²) in [5.74, 6) is 1.16. The van der Waals surface area contributed by atoms with Gasteiger partial charge < -0.3 is 15.1 Å². The summed E-state index contributed by atoms with van der Waals surface area (Å²) >= 11 is 1.72. The second kappa shape index (κ2) is 7.61. The molecule has 2 N–H and O–H groups in total. The van der Waals surface area contributed by atoms with Crippen molar-refractivity contribution in [1.82, 2.24) is 9.88 Å². The summed E-state index contributed by atoms with van der Waals surface area (Å²) < 4.78 is 0. The average Bonchev–Trinajstić information content (AvgIpc) is 3.07. The fourth-order valence-corrected chi connectivity index (χ4v) is 7.37. The standard InChI is InChI=1S/C23H36N2O3S/c1-14-6-9-25(10-7-14)20(28)11-16-21-17(29-15(2)24-21)12-18-22(16,3)8-5-19(27)23(18,4)13-26/h14,16,18-19,26-27H,5-13H2,1-4H3. The summed E-state index contributed by atoms with van der Waals surface area (Å²) in [5.41, 5.74) is 0.439. The van der Waals surface area contributed by atoms with E-state index >= 15 is 0 Å². The van der Waals surface area contributed by atoms with E-state index in [0.29, 0.717) is 18.8 Å². The SMILES string of the molecule is Cc1nc2c(s1)CC1C(C)(CO)C(O)CCC1(C)C2CC(=O)N1CCC(C)CC1. The zero-order chi connectivity index (χ0) is 21.0. The van der Waals surface area contributed by atoms with Crippen molar-refractivity contribution in [3.8, 4) is 0 Å². The molecule has 0 spiro atoms. The summed E-state index contributed by atoms with van der Waals surface area (Å²) in [6, 6.07) is 0. The van der Waals surface area contributed by atoms with Gasteiger partial charge in [0.25, 0.3) is 0 Å². The monoisotopic (exact) mass is 420 g/mol. The fourth-order valence-electron chi connectivity index (χ4n) is 6.33. The minimum Gasteiger partial charge on any atom is -0.396 e. The third-order valence-electron chi connectivity index (χ3n) is 8.52. The Kier molecular flexibility index (Phi) is 5.58. The first-order valence-corrected chi connectivity index (χ1v) is 12.0. The lowest BCUT2D eigenvalue weighted by molar-refractivity contribution is -0.147. The predicted octanol–water partition coefficient (Wildman–Crippen LogP) is 3.52. The van der Waals surface area contributed by atoms with Crippen molar-refractivity contribution in [2.45, 2.75) is 78.2 Å². The average molecular weight is 421 g/mol. The smallest absolute Gasteiger partial charge is 0.223 e. The number of nitrogens with zero attached hydrogens (tertiary/aromatic N) is 2. The molecule has 6 heteroatoms. The maximum absolute atomic E-state index is 13.3. The summed E-state index contributed by atoms with van der Waals surface area (Å²) in [6.07, 6.45) is 4.57. The number of thiazole rings is 1. The van der Waals surface area contributed by atoms with Gasteiger partial charge in [0.2, 0.25) is 5.91 Å². The van der Waals surface area contributed by atoms with Crippen molar-refractivity contribution in [3.63, 3.8) is 0 Å². The van der Waals surface area contributed by atoms with E-state index < -0.39 is 11.5 Å². The molecule has 1 amide bonds. The van der Waals surface area contributed by atoms with Crippen LogP contribution in [0.25, 0.3) is 0 Å². The van der Waals surface area contributed by atoms with Crippen LogP contribution in [0.1, 0.15) is 74.4 Å². The highest BCUT2D eigenvalue weighted by Crippen LogP contribution is 2.62. The van der Waals surface area contributed by atoms with E-state index in [4.69, 9.17) is 4.98 Å². The van der Waals surface area contributed by atoms with Gasteiger partial charge in [-0.15, -0.1) is 11.3 Å². The Labute approximate surface area is 178 Å². The van der Waals surface area contributed by atoms with Gasteiger partial charge in [0.15, 0.2) is 0 Å². The van der Waals surface area contributed by atoms with Crippen molar-refractivity contribution < 1.29 is 15.0 Å². The molecule has 1 aliphatic heterocycles. The first-order chi connectivity index (χ1) is 13.7. The van der Waals surface area contributed by atoms with Gasteiger partial charge in [-0.25, -0.2) is 4.98 Å². The number of rotatable bonds is 3. The van der Waals surface area contributed by atoms with Crippen molar-refractivity contribution in [1.29, 1.82) is 0 Å². The molecule has 162 valence electrons. The molecular formula is C23H36N2O3S. The third-order valence-corrected chi connectivity index (χ3v) is 9.52. The van der Waals surface area contributed by atoms with Gasteiger partial charge in [-0.3, -0.25) is 4.79 Å². The van der Waals surface area contributed by atoms with Crippen molar-refractivity contribution >= 4 is 17.2 Å². The summed E-state index contributed by atoms with van der Waals surface area (Å²) in [6.45, 7) is 10.3.